The summed E-state index contributed by atoms with van der Waals surface area (Å²) in [7, 11) is -1.15. The number of amides is 1. The van der Waals surface area contributed by atoms with Gasteiger partial charge in [0.25, 0.3) is 0 Å². The molecule has 3 rings (SSSR count). The van der Waals surface area contributed by atoms with Crippen molar-refractivity contribution in [2.45, 2.75) is 65.2 Å². The van der Waals surface area contributed by atoms with Gasteiger partial charge in [-0.3, -0.25) is 0 Å². The SMILES string of the molecule is CC(C)(C)OC(=O)N1CC=C(c2cc3c(cnn3COCC[Si](C)(C)C)cc2F)CC1. The van der Waals surface area contributed by atoms with Crippen molar-refractivity contribution in [1.29, 1.82) is 0 Å². The molecule has 1 aromatic carbocycles. The van der Waals surface area contributed by atoms with E-state index in [0.29, 0.717) is 38.4 Å². The van der Waals surface area contributed by atoms with E-state index in [1.807, 2.05) is 32.9 Å². The topological polar surface area (TPSA) is 56.6 Å². The summed E-state index contributed by atoms with van der Waals surface area (Å²) in [5.41, 5.74) is 1.76. The zero-order chi connectivity index (χ0) is 22.8. The highest BCUT2D eigenvalue weighted by atomic mass is 28.3. The largest absolute Gasteiger partial charge is 0.444 e. The lowest BCUT2D eigenvalue weighted by Crippen LogP contribution is -2.39. The summed E-state index contributed by atoms with van der Waals surface area (Å²) in [5.74, 6) is -0.274. The van der Waals surface area contributed by atoms with Crippen LogP contribution in [-0.4, -0.2) is 54.1 Å². The molecule has 1 amide bonds. The van der Waals surface area contributed by atoms with Gasteiger partial charge in [0, 0.05) is 38.7 Å². The maximum Gasteiger partial charge on any atom is 0.410 e. The Kier molecular flexibility index (Phi) is 6.91. The van der Waals surface area contributed by atoms with Gasteiger partial charge in [-0.15, -0.1) is 0 Å². The Morgan fingerprint density at radius 2 is 2.00 bits per heavy atom. The fraction of sp³-hybridized carbons (Fsp3) is 0.565. The van der Waals surface area contributed by atoms with E-state index in [0.717, 1.165) is 22.5 Å². The van der Waals surface area contributed by atoms with Gasteiger partial charge in [-0.25, -0.2) is 13.9 Å². The second-order valence-corrected chi connectivity index (χ2v) is 15.9. The molecule has 0 saturated carbocycles. The molecule has 0 fully saturated rings. The molecule has 170 valence electrons. The van der Waals surface area contributed by atoms with Crippen LogP contribution < -0.4 is 0 Å². The number of aromatic nitrogens is 2. The molecule has 6 nitrogen and oxygen atoms in total. The van der Waals surface area contributed by atoms with E-state index >= 15 is 0 Å². The van der Waals surface area contributed by atoms with Gasteiger partial charge >= 0.3 is 6.09 Å². The minimum absolute atomic E-state index is 0.274. The minimum atomic E-state index is -1.15. The molecular formula is C23H34FN3O3Si. The Hall–Kier alpha value is -2.19. The van der Waals surface area contributed by atoms with Crippen LogP contribution in [0.3, 0.4) is 0 Å². The summed E-state index contributed by atoms with van der Waals surface area (Å²) in [4.78, 5) is 13.9. The highest BCUT2D eigenvalue weighted by Gasteiger charge is 2.25. The van der Waals surface area contributed by atoms with Crippen LogP contribution in [0.25, 0.3) is 16.5 Å². The second-order valence-electron chi connectivity index (χ2n) is 10.3. The Morgan fingerprint density at radius 3 is 2.61 bits per heavy atom. The monoisotopic (exact) mass is 447 g/mol. The number of nitrogens with zero attached hydrogens (tertiary/aromatic N) is 3. The third kappa shape index (κ3) is 6.40. The number of halogens is 1. The molecule has 0 aliphatic carbocycles. The van der Waals surface area contributed by atoms with Crippen molar-refractivity contribution >= 4 is 30.6 Å². The number of hydrogen-bond acceptors (Lipinski definition) is 4. The van der Waals surface area contributed by atoms with Crippen LogP contribution in [0.5, 0.6) is 0 Å². The fourth-order valence-corrected chi connectivity index (χ4v) is 4.14. The molecule has 0 N–H and O–H groups in total. The molecule has 0 radical (unpaired) electrons. The van der Waals surface area contributed by atoms with Crippen LogP contribution in [0.2, 0.25) is 25.7 Å². The third-order valence-corrected chi connectivity index (χ3v) is 6.85. The quantitative estimate of drug-likeness (QED) is 0.433. The maximum absolute atomic E-state index is 14.8. The number of ether oxygens (including phenoxy) is 2. The highest BCUT2D eigenvalue weighted by Crippen LogP contribution is 2.29. The van der Waals surface area contributed by atoms with E-state index in [4.69, 9.17) is 9.47 Å². The van der Waals surface area contributed by atoms with Crippen molar-refractivity contribution < 1.29 is 18.7 Å². The summed E-state index contributed by atoms with van der Waals surface area (Å²) in [6.45, 7) is 14.4. The molecule has 2 aromatic rings. The first-order valence-electron chi connectivity index (χ1n) is 10.8. The summed E-state index contributed by atoms with van der Waals surface area (Å²) in [6, 6.07) is 4.46. The van der Waals surface area contributed by atoms with Gasteiger partial charge in [-0.1, -0.05) is 25.7 Å². The average molecular weight is 448 g/mol. The number of benzene rings is 1. The predicted molar refractivity (Wildman–Crippen MR) is 124 cm³/mol. The number of carbonyl (C=O) groups excluding carboxylic acids is 1. The van der Waals surface area contributed by atoms with Crippen LogP contribution in [-0.2, 0) is 16.2 Å². The van der Waals surface area contributed by atoms with E-state index in [2.05, 4.69) is 24.7 Å². The lowest BCUT2D eigenvalue weighted by atomic mass is 9.98. The van der Waals surface area contributed by atoms with Gasteiger partial charge in [0.15, 0.2) is 0 Å². The fourth-order valence-electron chi connectivity index (χ4n) is 3.38. The Labute approximate surface area is 185 Å². The van der Waals surface area contributed by atoms with Crippen LogP contribution in [0.1, 0.15) is 32.8 Å². The van der Waals surface area contributed by atoms with Crippen molar-refractivity contribution in [2.24, 2.45) is 0 Å². The summed E-state index contributed by atoms with van der Waals surface area (Å²) in [5, 5.41) is 5.13. The molecule has 0 saturated heterocycles. The van der Waals surface area contributed by atoms with Crippen molar-refractivity contribution in [3.05, 3.63) is 35.8 Å². The molecule has 0 unspecified atom stereocenters. The van der Waals surface area contributed by atoms with Crippen molar-refractivity contribution in [1.82, 2.24) is 14.7 Å². The first-order valence-corrected chi connectivity index (χ1v) is 14.5. The van der Waals surface area contributed by atoms with E-state index in [1.54, 1.807) is 15.8 Å². The summed E-state index contributed by atoms with van der Waals surface area (Å²) in [6.07, 6.45) is 3.81. The molecule has 1 aromatic heterocycles. The standard InChI is InChI=1S/C23H34FN3O3Si/c1-23(2,3)30-22(28)26-9-7-17(8-10-26)19-14-21-18(13-20(19)24)15-25-27(21)16-29-11-12-31(4,5)6/h7,13-15H,8-12,16H2,1-6H3. The maximum atomic E-state index is 14.8. The molecule has 2 heterocycles. The van der Waals surface area contributed by atoms with E-state index in [1.165, 1.54) is 6.07 Å². The lowest BCUT2D eigenvalue weighted by Gasteiger charge is -2.29. The van der Waals surface area contributed by atoms with Gasteiger partial charge in [0.05, 0.1) is 11.7 Å². The Morgan fingerprint density at radius 1 is 1.26 bits per heavy atom. The molecule has 0 spiro atoms. The predicted octanol–water partition coefficient (Wildman–Crippen LogP) is 5.51. The lowest BCUT2D eigenvalue weighted by molar-refractivity contribution is 0.0270. The third-order valence-electron chi connectivity index (χ3n) is 5.15. The smallest absolute Gasteiger partial charge is 0.410 e. The average Bonchev–Trinajstić information content (AvgIpc) is 3.04. The summed E-state index contributed by atoms with van der Waals surface area (Å²) >= 11 is 0. The molecule has 1 aliphatic heterocycles. The molecule has 8 heteroatoms. The molecule has 31 heavy (non-hydrogen) atoms. The molecular weight excluding hydrogens is 413 g/mol. The molecule has 1 aliphatic rings. The van der Waals surface area contributed by atoms with Crippen LogP contribution in [0.15, 0.2) is 24.4 Å². The van der Waals surface area contributed by atoms with Crippen molar-refractivity contribution in [3.8, 4) is 0 Å². The van der Waals surface area contributed by atoms with Crippen LogP contribution in [0, 0.1) is 5.82 Å². The zero-order valence-electron chi connectivity index (χ0n) is 19.5. The van der Waals surface area contributed by atoms with Gasteiger partial charge in [0.2, 0.25) is 0 Å². The minimum Gasteiger partial charge on any atom is -0.444 e. The van der Waals surface area contributed by atoms with Crippen molar-refractivity contribution in [3.63, 3.8) is 0 Å². The van der Waals surface area contributed by atoms with Crippen molar-refractivity contribution in [2.75, 3.05) is 19.7 Å². The number of carbonyl (C=O) groups is 1. The first kappa shape index (κ1) is 23.5. The number of hydrogen-bond donors (Lipinski definition) is 0. The highest BCUT2D eigenvalue weighted by molar-refractivity contribution is 6.76. The number of fused-ring (bicyclic) bond motifs is 1. The Balaban J connectivity index is 1.72. The zero-order valence-corrected chi connectivity index (χ0v) is 20.5. The van der Waals surface area contributed by atoms with Gasteiger partial charge in [-0.2, -0.15) is 5.10 Å². The number of rotatable bonds is 6. The van der Waals surface area contributed by atoms with Crippen LogP contribution >= 0.6 is 0 Å². The van der Waals surface area contributed by atoms with E-state index < -0.39 is 13.7 Å². The molecule has 0 bridgehead atoms. The van der Waals surface area contributed by atoms with Crippen LogP contribution in [0.4, 0.5) is 9.18 Å². The first-order chi connectivity index (χ1) is 14.4. The molecule has 0 atom stereocenters. The van der Waals surface area contributed by atoms with Gasteiger partial charge in [-0.05, 0) is 50.9 Å². The van der Waals surface area contributed by atoms with E-state index in [9.17, 15) is 9.18 Å². The summed E-state index contributed by atoms with van der Waals surface area (Å²) < 4.78 is 27.9. The normalized spacial score (nSPS) is 15.3. The van der Waals surface area contributed by atoms with Gasteiger partial charge in [0.1, 0.15) is 18.1 Å². The van der Waals surface area contributed by atoms with E-state index in [-0.39, 0.29) is 11.9 Å². The van der Waals surface area contributed by atoms with Gasteiger partial charge < -0.3 is 14.4 Å². The second kappa shape index (κ2) is 9.12. The Bertz CT molecular complexity index is 973.